The molecule has 3 N–H and O–H groups in total. The van der Waals surface area contributed by atoms with E-state index in [9.17, 15) is 15.3 Å². The quantitative estimate of drug-likeness (QED) is 0.0418. The summed E-state index contributed by atoms with van der Waals surface area (Å²) < 4.78 is 6.73. The van der Waals surface area contributed by atoms with Crippen molar-refractivity contribution in [3.63, 3.8) is 0 Å². The molecule has 0 spiro atoms. The molecule has 0 fully saturated rings. The van der Waals surface area contributed by atoms with Crippen LogP contribution in [0.3, 0.4) is 0 Å². The first kappa shape index (κ1) is 63.4. The summed E-state index contributed by atoms with van der Waals surface area (Å²) in [5, 5.41) is 31.6. The molecule has 0 saturated carbocycles. The molecule has 0 aromatic carbocycles. The predicted octanol–water partition coefficient (Wildman–Crippen LogP) is 17.9. The van der Waals surface area contributed by atoms with E-state index in [-0.39, 0.29) is 29.8 Å². The van der Waals surface area contributed by atoms with E-state index >= 15 is 4.79 Å². The second kappa shape index (κ2) is 41.3. The van der Waals surface area contributed by atoms with Crippen LogP contribution in [0, 0.1) is 39.9 Å². The van der Waals surface area contributed by atoms with Gasteiger partial charge in [-0.1, -0.05) is 287 Å². The van der Waals surface area contributed by atoms with Crippen LogP contribution in [0.4, 0.5) is 0 Å². The van der Waals surface area contributed by atoms with Crippen molar-refractivity contribution in [2.45, 2.75) is 306 Å². The van der Waals surface area contributed by atoms with E-state index in [1.807, 2.05) is 0 Å². The number of esters is 1. The van der Waals surface area contributed by atoms with Crippen molar-refractivity contribution in [1.29, 1.82) is 0 Å². The Morgan fingerprint density at radius 3 is 0.906 bits per heavy atom. The van der Waals surface area contributed by atoms with Gasteiger partial charge in [0.15, 0.2) is 0 Å². The summed E-state index contributed by atoms with van der Waals surface area (Å²) >= 11 is 0. The lowest BCUT2D eigenvalue weighted by Gasteiger charge is -2.61. The van der Waals surface area contributed by atoms with Gasteiger partial charge >= 0.3 is 5.97 Å². The van der Waals surface area contributed by atoms with Gasteiger partial charge in [-0.3, -0.25) is 4.79 Å². The normalized spacial score (nSPS) is 16.0. The molecule has 5 heteroatoms. The van der Waals surface area contributed by atoms with Gasteiger partial charge in [0.2, 0.25) is 0 Å². The highest BCUT2D eigenvalue weighted by Gasteiger charge is 2.65. The van der Waals surface area contributed by atoms with Crippen molar-refractivity contribution >= 4 is 5.97 Å². The molecule has 0 amide bonds. The average molecular weight is 908 g/mol. The summed E-state index contributed by atoms with van der Waals surface area (Å²) in [6.45, 7) is 20.1. The lowest BCUT2D eigenvalue weighted by atomic mass is 9.42. The third kappa shape index (κ3) is 23.6. The maximum atomic E-state index is 16.2. The average Bonchev–Trinajstić information content (AvgIpc) is 3.30. The fourth-order valence-electron chi connectivity index (χ4n) is 12.2. The second-order valence-corrected chi connectivity index (χ2v) is 21.9. The van der Waals surface area contributed by atoms with Crippen molar-refractivity contribution in [2.75, 3.05) is 26.4 Å². The van der Waals surface area contributed by atoms with Crippen LogP contribution in [0.2, 0.25) is 0 Å². The van der Waals surface area contributed by atoms with Gasteiger partial charge in [0.1, 0.15) is 6.61 Å². The summed E-state index contributed by atoms with van der Waals surface area (Å²) in [5.74, 6) is 0.821. The van der Waals surface area contributed by atoms with Crippen LogP contribution in [-0.2, 0) is 9.53 Å². The molecule has 4 unspecified atom stereocenters. The van der Waals surface area contributed by atoms with E-state index in [4.69, 9.17) is 4.74 Å². The number of rotatable bonds is 49. The third-order valence-corrected chi connectivity index (χ3v) is 16.6. The molecule has 0 aliphatic rings. The highest BCUT2D eigenvalue weighted by molar-refractivity contribution is 5.79. The fourth-order valence-corrected chi connectivity index (χ4v) is 12.2. The molecule has 64 heavy (non-hydrogen) atoms. The molecule has 4 atom stereocenters. The van der Waals surface area contributed by atoms with Gasteiger partial charge in [0, 0.05) is 0 Å². The number of ether oxygens (including phenoxy) is 1. The Kier molecular flexibility index (Phi) is 40.9. The van der Waals surface area contributed by atoms with E-state index < -0.39 is 30.7 Å². The smallest absolute Gasteiger partial charge is 0.313 e. The van der Waals surface area contributed by atoms with Gasteiger partial charge < -0.3 is 20.1 Å². The van der Waals surface area contributed by atoms with Crippen LogP contribution < -0.4 is 0 Å². The topological polar surface area (TPSA) is 87.0 Å². The van der Waals surface area contributed by atoms with Crippen LogP contribution in [0.25, 0.3) is 0 Å². The molecular weight excluding hydrogens is 789 g/mol. The highest BCUT2D eigenvalue weighted by atomic mass is 16.5. The molecule has 0 radical (unpaired) electrons. The summed E-state index contributed by atoms with van der Waals surface area (Å²) in [6.07, 6.45) is 47.0. The Bertz CT molecular complexity index is 955. The lowest BCUT2D eigenvalue weighted by molar-refractivity contribution is -0.205. The predicted molar refractivity (Wildman–Crippen MR) is 280 cm³/mol. The van der Waals surface area contributed by atoms with E-state index in [0.717, 1.165) is 51.4 Å². The Labute approximate surface area is 402 Å². The van der Waals surface area contributed by atoms with Gasteiger partial charge in [-0.2, -0.15) is 0 Å². The van der Waals surface area contributed by atoms with Crippen LogP contribution in [-0.4, -0.2) is 47.7 Å². The monoisotopic (exact) mass is 907 g/mol. The van der Waals surface area contributed by atoms with Gasteiger partial charge in [-0.25, -0.2) is 0 Å². The number of aliphatic hydroxyl groups excluding tert-OH is 3. The molecule has 0 rings (SSSR count). The minimum atomic E-state index is -1.26. The Hall–Kier alpha value is -0.650. The molecule has 0 aliphatic heterocycles. The number of hydrogen-bond acceptors (Lipinski definition) is 5. The first-order valence-electron chi connectivity index (χ1n) is 29.0. The molecule has 0 saturated heterocycles. The number of unbranched alkanes of at least 4 members (excludes halogenated alkanes) is 28. The van der Waals surface area contributed by atoms with Gasteiger partial charge in [-0.05, 0) is 48.3 Å². The van der Waals surface area contributed by atoms with Crippen molar-refractivity contribution in [3.8, 4) is 0 Å². The maximum absolute atomic E-state index is 16.2. The van der Waals surface area contributed by atoms with E-state index in [1.54, 1.807) is 0 Å². The maximum Gasteiger partial charge on any atom is 0.313 e. The molecule has 0 aromatic rings. The van der Waals surface area contributed by atoms with Crippen molar-refractivity contribution < 1.29 is 24.9 Å². The second-order valence-electron chi connectivity index (χ2n) is 21.9. The zero-order valence-corrected chi connectivity index (χ0v) is 45.2. The first-order valence-corrected chi connectivity index (χ1v) is 29.0. The summed E-state index contributed by atoms with van der Waals surface area (Å²) in [4.78, 5) is 16.2. The minimum Gasteiger partial charge on any atom is -0.464 e. The fraction of sp³-hybridized carbons (Fsp3) is 0.983. The number of carbonyl (C=O) groups is 1. The van der Waals surface area contributed by atoms with Gasteiger partial charge in [-0.15, -0.1) is 0 Å². The summed E-state index contributed by atoms with van der Waals surface area (Å²) in [6, 6.07) is 0. The molecule has 5 nitrogen and oxygen atoms in total. The molecule has 0 aliphatic carbocycles. The summed E-state index contributed by atoms with van der Waals surface area (Å²) in [5.41, 5.74) is -2.28. The van der Waals surface area contributed by atoms with E-state index in [0.29, 0.717) is 11.8 Å². The lowest BCUT2D eigenvalue weighted by Crippen LogP contribution is -2.62. The standard InChI is InChI=1S/C59H118O5/c1-10-15-20-25-30-31-32-37-42-47-58(52(6)43-38-33-26-21-16-11-2,53(7)44-39-34-27-22-17-12-3)59(54(8)45-40-35-28-23-18-13-4,55(9)46-41-36-29-24-19-14-5)56(63)64-51-57(48-60,49-61)50-62/h52-55,60-62H,10-51H2,1-9H3. The highest BCUT2D eigenvalue weighted by Crippen LogP contribution is 2.65. The van der Waals surface area contributed by atoms with Crippen LogP contribution in [0.5, 0.6) is 0 Å². The van der Waals surface area contributed by atoms with Gasteiger partial charge in [0.25, 0.3) is 0 Å². The van der Waals surface area contributed by atoms with E-state index in [2.05, 4.69) is 62.3 Å². The van der Waals surface area contributed by atoms with Crippen LogP contribution in [0.15, 0.2) is 0 Å². The molecular formula is C59H118O5. The number of aliphatic hydroxyl groups is 3. The molecule has 0 bridgehead atoms. The number of hydrogen-bond donors (Lipinski definition) is 3. The third-order valence-electron chi connectivity index (χ3n) is 16.6. The largest absolute Gasteiger partial charge is 0.464 e. The van der Waals surface area contributed by atoms with Crippen LogP contribution in [0.1, 0.15) is 306 Å². The SMILES string of the molecule is CCCCCCCCCCCC(C(C)CCCCCCCC)(C(C)CCCCCCCC)C(C(=O)OCC(CO)(CO)CO)(C(C)CCCCCCCC)C(C)CCCCCCCC. The summed E-state index contributed by atoms with van der Waals surface area (Å²) in [7, 11) is 0. The molecule has 0 aromatic heterocycles. The van der Waals surface area contributed by atoms with Crippen molar-refractivity contribution in [3.05, 3.63) is 0 Å². The zero-order chi connectivity index (χ0) is 47.8. The Balaban J connectivity index is 7.85. The Morgan fingerprint density at radius 1 is 0.375 bits per heavy atom. The van der Waals surface area contributed by atoms with Crippen molar-refractivity contribution in [1.82, 2.24) is 0 Å². The zero-order valence-electron chi connectivity index (χ0n) is 45.2. The van der Waals surface area contributed by atoms with Crippen molar-refractivity contribution in [2.24, 2.45) is 39.9 Å². The molecule has 0 heterocycles. The minimum absolute atomic E-state index is 0.0929. The molecule has 384 valence electrons. The Morgan fingerprint density at radius 2 is 0.625 bits per heavy atom. The number of carbonyl (C=O) groups excluding carboxylic acids is 1. The first-order chi connectivity index (χ1) is 31.0. The van der Waals surface area contributed by atoms with E-state index in [1.165, 1.54) is 193 Å². The van der Waals surface area contributed by atoms with Gasteiger partial charge in [0.05, 0.1) is 30.7 Å². The van der Waals surface area contributed by atoms with Crippen LogP contribution >= 0.6 is 0 Å².